The molecule has 12 rings (SSSR count). The Morgan fingerprint density at radius 1 is 0.514 bits per heavy atom. The predicted octanol–water partition coefficient (Wildman–Crippen LogP) is 17.1. The lowest BCUT2D eigenvalue weighted by molar-refractivity contribution is 0.355. The highest BCUT2D eigenvalue weighted by molar-refractivity contribution is 5.74. The number of rotatable bonds is 8. The van der Waals surface area contributed by atoms with Gasteiger partial charge in [-0.1, -0.05) is 250 Å². The van der Waals surface area contributed by atoms with Crippen LogP contribution in [0.1, 0.15) is 64.8 Å². The quantitative estimate of drug-likeness (QED) is 0.118. The number of fused-ring (bicyclic) bond motifs is 6. The Hall–Kier alpha value is -8.80. The Balaban J connectivity index is 0.000000302. The second kappa shape index (κ2) is 22.3. The van der Waals surface area contributed by atoms with Crippen LogP contribution in [0.5, 0.6) is 23.0 Å². The van der Waals surface area contributed by atoms with Crippen LogP contribution in [-0.4, -0.2) is 13.1 Å². The van der Waals surface area contributed by atoms with Gasteiger partial charge < -0.3 is 15.2 Å². The molecule has 0 spiro atoms. The number of hydrogen-bond acceptors (Lipinski definition) is 4. The van der Waals surface area contributed by atoms with Crippen molar-refractivity contribution in [2.45, 2.75) is 38.1 Å². The summed E-state index contributed by atoms with van der Waals surface area (Å²) in [5.41, 5.74) is 19.6. The zero-order chi connectivity index (χ0) is 49.9. The molecule has 72 heavy (non-hydrogen) atoms. The molecule has 3 unspecified atom stereocenters. The van der Waals surface area contributed by atoms with Crippen molar-refractivity contribution >= 4 is 13.1 Å². The van der Waals surface area contributed by atoms with Crippen LogP contribution in [0.2, 0.25) is 0 Å². The fourth-order valence-corrected chi connectivity index (χ4v) is 10.4. The van der Waals surface area contributed by atoms with E-state index in [0.717, 1.165) is 45.8 Å². The summed E-state index contributed by atoms with van der Waals surface area (Å²) in [6.07, 6.45) is 9.81. The molecule has 0 fully saturated rings. The van der Waals surface area contributed by atoms with Crippen LogP contribution in [0.25, 0.3) is 33.4 Å². The molecule has 3 N–H and O–H groups in total. The first-order valence-electron chi connectivity index (χ1n) is 24.7. The molecule has 1 heterocycles. The van der Waals surface area contributed by atoms with Gasteiger partial charge in [-0.25, -0.2) is 0 Å². The molecule has 3 aliphatic rings. The van der Waals surface area contributed by atoms with Gasteiger partial charge in [-0.2, -0.15) is 0 Å². The van der Waals surface area contributed by atoms with Crippen molar-refractivity contribution < 1.29 is 9.47 Å². The number of aryl methyl sites for hydroxylation is 1. The number of allylic oxidation sites excluding steroid dienone is 4. The lowest BCUT2D eigenvalue weighted by atomic mass is 9.63. The summed E-state index contributed by atoms with van der Waals surface area (Å²) in [6, 6.07) is 78.9. The summed E-state index contributed by atoms with van der Waals surface area (Å²) in [6.45, 7) is 10.0. The topological polar surface area (TPSA) is 80.7 Å². The molecule has 2 aliphatic carbocycles. The Kier molecular flexibility index (Phi) is 14.9. The highest BCUT2D eigenvalue weighted by atomic mass is 16.6. The first-order valence-corrected chi connectivity index (χ1v) is 24.7. The Morgan fingerprint density at radius 3 is 1.46 bits per heavy atom. The van der Waals surface area contributed by atoms with Crippen molar-refractivity contribution in [2.24, 2.45) is 16.6 Å². The van der Waals surface area contributed by atoms with E-state index in [4.69, 9.17) is 14.9 Å². The molecule has 0 amide bonds. The van der Waals surface area contributed by atoms with Gasteiger partial charge >= 0.3 is 0 Å². The molecule has 9 aromatic rings. The number of benzene rings is 9. The first kappa shape index (κ1) is 48.2. The average Bonchev–Trinajstić information content (AvgIpc) is 3.76. The lowest BCUT2D eigenvalue weighted by Gasteiger charge is -2.38. The van der Waals surface area contributed by atoms with Gasteiger partial charge in [0.2, 0.25) is 0 Å². The van der Waals surface area contributed by atoms with Crippen LogP contribution in [0.15, 0.2) is 254 Å². The van der Waals surface area contributed by atoms with Crippen molar-refractivity contribution in [1.29, 1.82) is 5.41 Å². The molecule has 5 heteroatoms. The molecule has 0 aromatic heterocycles. The smallest absolute Gasteiger partial charge is 0.174 e. The van der Waals surface area contributed by atoms with Gasteiger partial charge in [-0.05, 0) is 93.0 Å². The second-order valence-electron chi connectivity index (χ2n) is 17.7. The molecule has 1 aliphatic heterocycles. The van der Waals surface area contributed by atoms with Gasteiger partial charge in [0.25, 0.3) is 0 Å². The van der Waals surface area contributed by atoms with Crippen LogP contribution in [0, 0.1) is 18.3 Å². The largest absolute Gasteiger partial charge is 0.449 e. The van der Waals surface area contributed by atoms with E-state index in [2.05, 4.69) is 255 Å². The number of nitrogens with two attached hydrogens (primary N) is 1. The van der Waals surface area contributed by atoms with E-state index in [-0.39, 0.29) is 23.3 Å². The maximum atomic E-state index is 6.87. The third kappa shape index (κ3) is 9.57. The minimum absolute atomic E-state index is 0.124. The highest BCUT2D eigenvalue weighted by Crippen LogP contribution is 2.64. The highest BCUT2D eigenvalue weighted by Gasteiger charge is 2.54. The third-order valence-corrected chi connectivity index (χ3v) is 13.6. The summed E-state index contributed by atoms with van der Waals surface area (Å²) in [7, 11) is 0. The molecule has 354 valence electrons. The zero-order valence-electron chi connectivity index (χ0n) is 41.0. The molecule has 9 aromatic carbocycles. The normalized spacial score (nSPS) is 15.2. The Bertz CT molecular complexity index is 3260. The van der Waals surface area contributed by atoms with E-state index in [1.54, 1.807) is 0 Å². The number of aliphatic imine (C=N–C) groups is 1. The first-order chi connectivity index (χ1) is 35.5. The minimum atomic E-state index is -0.385. The molecule has 0 bridgehead atoms. The fraction of sp³-hybridized carbons (Fsp3) is 0.104. The van der Waals surface area contributed by atoms with Gasteiger partial charge in [-0.3, -0.25) is 10.4 Å². The molecular formula is C67H59N3O2. The van der Waals surface area contributed by atoms with Crippen molar-refractivity contribution in [3.05, 3.63) is 288 Å². The van der Waals surface area contributed by atoms with Crippen LogP contribution in [0.4, 0.5) is 0 Å². The van der Waals surface area contributed by atoms with E-state index in [1.165, 1.54) is 50.1 Å². The summed E-state index contributed by atoms with van der Waals surface area (Å²) < 4.78 is 13.6. The number of hydrogen-bond donors (Lipinski definition) is 2. The van der Waals surface area contributed by atoms with Crippen LogP contribution < -0.4 is 15.2 Å². The number of ether oxygens (including phenoxy) is 2. The standard InChI is InChI=1S/C51H37NO2.C13H12.C2H6.CH4N2/c1-52-49(37-25-21-35(22-26-37)34-13-5-2-6-14-34)38-27-23-36(24-28-38)39-29-31-45-47(33-39)53-46-32-30-44-48(50(46)54-45)42-19-11-12-20-43(42)51(44,40-15-7-3-8-16-40)41-17-9-4-10-18-41;1-11-7-9-13(10-8-11)12-5-3-2-4-6-12;1-2;2-1-3/h2-33,42-43,49H,1H2;2-10H,1H3;1-2H3;1H,(H3,2,3). The Morgan fingerprint density at radius 2 is 0.944 bits per heavy atom. The monoisotopic (exact) mass is 937 g/mol. The van der Waals surface area contributed by atoms with Crippen molar-refractivity contribution in [1.82, 2.24) is 0 Å². The van der Waals surface area contributed by atoms with E-state index in [1.807, 2.05) is 32.0 Å². The van der Waals surface area contributed by atoms with Crippen molar-refractivity contribution in [3.63, 3.8) is 0 Å². The Labute approximate surface area is 424 Å². The van der Waals surface area contributed by atoms with Gasteiger partial charge in [0.15, 0.2) is 23.0 Å². The second-order valence-corrected chi connectivity index (χ2v) is 17.7. The van der Waals surface area contributed by atoms with E-state index in [0.29, 0.717) is 5.75 Å². The van der Waals surface area contributed by atoms with E-state index >= 15 is 0 Å². The SMILES string of the molecule is C=NC(c1ccc(-c2ccccc2)cc1)c1ccc(-c2ccc3c(c2)Oc2ccc4c(c2O3)C2C=CC=CC2C4(c2ccccc2)c2ccccc2)cc1.CC.Cc1ccc(-c2ccccc2)cc1.N=CN. The van der Waals surface area contributed by atoms with Crippen LogP contribution in [-0.2, 0) is 5.41 Å². The van der Waals surface area contributed by atoms with Crippen LogP contribution >= 0.6 is 0 Å². The number of nitrogens with zero attached hydrogens (tertiary/aromatic N) is 1. The summed E-state index contributed by atoms with van der Waals surface area (Å²) in [5.74, 6) is 3.27. The van der Waals surface area contributed by atoms with Gasteiger partial charge in [0, 0.05) is 17.4 Å². The fourth-order valence-electron chi connectivity index (χ4n) is 10.4. The maximum absolute atomic E-state index is 6.87. The third-order valence-electron chi connectivity index (χ3n) is 13.6. The summed E-state index contributed by atoms with van der Waals surface area (Å²) >= 11 is 0. The molecule has 3 atom stereocenters. The molecular weight excluding hydrogens is 879 g/mol. The molecule has 5 nitrogen and oxygen atoms in total. The molecule has 0 saturated carbocycles. The van der Waals surface area contributed by atoms with E-state index in [9.17, 15) is 0 Å². The van der Waals surface area contributed by atoms with Crippen molar-refractivity contribution in [3.8, 4) is 56.4 Å². The predicted molar refractivity (Wildman–Crippen MR) is 300 cm³/mol. The minimum Gasteiger partial charge on any atom is -0.449 e. The van der Waals surface area contributed by atoms with Gasteiger partial charge in [0.05, 0.1) is 17.8 Å². The average molecular weight is 938 g/mol. The number of nitrogens with one attached hydrogen (secondary N) is 1. The van der Waals surface area contributed by atoms with Crippen LogP contribution in [0.3, 0.4) is 0 Å². The van der Waals surface area contributed by atoms with Gasteiger partial charge in [0.1, 0.15) is 0 Å². The van der Waals surface area contributed by atoms with E-state index < -0.39 is 0 Å². The zero-order valence-corrected chi connectivity index (χ0v) is 41.0. The summed E-state index contributed by atoms with van der Waals surface area (Å²) in [5, 5.41) is 5.86. The lowest BCUT2D eigenvalue weighted by Crippen LogP contribution is -2.34. The molecule has 0 radical (unpaired) electrons. The summed E-state index contributed by atoms with van der Waals surface area (Å²) in [4.78, 5) is 4.51. The van der Waals surface area contributed by atoms with Gasteiger partial charge in [-0.15, -0.1) is 0 Å². The van der Waals surface area contributed by atoms with Crippen molar-refractivity contribution in [2.75, 3.05) is 0 Å². The maximum Gasteiger partial charge on any atom is 0.174 e. The molecule has 0 saturated heterocycles.